The van der Waals surface area contributed by atoms with Crippen molar-refractivity contribution in [1.82, 2.24) is 4.90 Å². The summed E-state index contributed by atoms with van der Waals surface area (Å²) in [5.74, 6) is 1.26. The lowest BCUT2D eigenvalue weighted by Gasteiger charge is -2.31. The van der Waals surface area contributed by atoms with Gasteiger partial charge in [-0.25, -0.2) is 0 Å². The lowest BCUT2D eigenvalue weighted by molar-refractivity contribution is -0.895. The fourth-order valence-electron chi connectivity index (χ4n) is 2.64. The molecule has 1 saturated heterocycles. The number of carbonyl (C=O) groups excluding carboxylic acids is 2. The highest BCUT2D eigenvalue weighted by Crippen LogP contribution is 2.28. The molecule has 0 saturated carbocycles. The molecule has 2 rings (SSSR count). The Kier molecular flexibility index (Phi) is 5.81. The second kappa shape index (κ2) is 7.82. The van der Waals surface area contributed by atoms with Crippen LogP contribution in [0.2, 0.25) is 0 Å². The van der Waals surface area contributed by atoms with Gasteiger partial charge in [0.15, 0.2) is 6.54 Å². The molecule has 0 spiro atoms. The number of hydrogen-bond acceptors (Lipinski definition) is 4. The average Bonchev–Trinajstić information content (AvgIpc) is 2.55. The van der Waals surface area contributed by atoms with E-state index in [1.807, 2.05) is 4.90 Å². The van der Waals surface area contributed by atoms with Gasteiger partial charge in [-0.15, -0.1) is 0 Å². The summed E-state index contributed by atoms with van der Waals surface area (Å²) in [5, 5.41) is 2.87. The fourth-order valence-corrected chi connectivity index (χ4v) is 2.64. The van der Waals surface area contributed by atoms with E-state index in [2.05, 4.69) is 5.32 Å². The Bertz CT molecular complexity index is 568. The minimum absolute atomic E-state index is 0.0697. The van der Waals surface area contributed by atoms with Gasteiger partial charge in [0.1, 0.15) is 11.5 Å². The van der Waals surface area contributed by atoms with Gasteiger partial charge in [-0.1, -0.05) is 0 Å². The van der Waals surface area contributed by atoms with Crippen molar-refractivity contribution in [2.45, 2.75) is 6.92 Å². The van der Waals surface area contributed by atoms with E-state index in [1.165, 1.54) is 4.90 Å². The number of nitrogens with one attached hydrogen (secondary N) is 2. The molecule has 0 unspecified atom stereocenters. The van der Waals surface area contributed by atoms with Gasteiger partial charge in [0.2, 0.25) is 5.91 Å². The standard InChI is InChI=1S/C16H23N3O4/c1-12(20)19-8-6-18(7-9-19)11-16(21)17-14-5-4-13(22-2)10-15(14)23-3/h4-5,10H,6-9,11H2,1-3H3,(H,17,21)/p+1. The Morgan fingerprint density at radius 3 is 2.48 bits per heavy atom. The molecule has 7 nitrogen and oxygen atoms in total. The number of ether oxygens (including phenoxy) is 2. The first-order chi connectivity index (χ1) is 11.0. The van der Waals surface area contributed by atoms with E-state index in [-0.39, 0.29) is 11.8 Å². The molecule has 1 aromatic rings. The fraction of sp³-hybridized carbons (Fsp3) is 0.500. The van der Waals surface area contributed by atoms with Crippen molar-refractivity contribution in [2.24, 2.45) is 0 Å². The predicted octanol–water partition coefficient (Wildman–Crippen LogP) is -0.611. The van der Waals surface area contributed by atoms with Crippen LogP contribution in [0, 0.1) is 0 Å². The second-order valence-corrected chi connectivity index (χ2v) is 5.55. The highest BCUT2D eigenvalue weighted by Gasteiger charge is 2.23. The van der Waals surface area contributed by atoms with Crippen LogP contribution in [0.1, 0.15) is 6.92 Å². The number of amides is 2. The molecule has 1 fully saturated rings. The van der Waals surface area contributed by atoms with Crippen molar-refractivity contribution >= 4 is 17.5 Å². The second-order valence-electron chi connectivity index (χ2n) is 5.55. The zero-order valence-corrected chi connectivity index (χ0v) is 13.8. The summed E-state index contributed by atoms with van der Waals surface area (Å²) in [6.07, 6.45) is 0. The van der Waals surface area contributed by atoms with Crippen LogP contribution in [0.25, 0.3) is 0 Å². The van der Waals surface area contributed by atoms with Crippen LogP contribution in [-0.4, -0.2) is 63.7 Å². The highest BCUT2D eigenvalue weighted by atomic mass is 16.5. The molecular weight excluding hydrogens is 298 g/mol. The van der Waals surface area contributed by atoms with Crippen molar-refractivity contribution in [1.29, 1.82) is 0 Å². The summed E-state index contributed by atoms with van der Waals surface area (Å²) in [6.45, 7) is 4.92. The Labute approximate surface area is 136 Å². The molecule has 126 valence electrons. The number of nitrogens with zero attached hydrogens (tertiary/aromatic N) is 1. The third-order valence-electron chi connectivity index (χ3n) is 4.01. The van der Waals surface area contributed by atoms with E-state index in [9.17, 15) is 9.59 Å². The Balaban J connectivity index is 1.89. The maximum absolute atomic E-state index is 12.2. The van der Waals surface area contributed by atoms with Crippen LogP contribution in [0.4, 0.5) is 5.69 Å². The van der Waals surface area contributed by atoms with Crippen LogP contribution < -0.4 is 19.7 Å². The number of benzene rings is 1. The zero-order chi connectivity index (χ0) is 16.8. The number of piperazine rings is 1. The average molecular weight is 322 g/mol. The Hall–Kier alpha value is -2.28. The first-order valence-electron chi connectivity index (χ1n) is 7.64. The normalized spacial score (nSPS) is 15.2. The summed E-state index contributed by atoms with van der Waals surface area (Å²) in [5.41, 5.74) is 0.625. The van der Waals surface area contributed by atoms with Gasteiger partial charge < -0.3 is 24.6 Å². The SMILES string of the molecule is COc1ccc(NC(=O)C[NH+]2CCN(C(C)=O)CC2)c(OC)c1. The molecule has 7 heteroatoms. The third kappa shape index (κ3) is 4.59. The van der Waals surface area contributed by atoms with Crippen molar-refractivity contribution < 1.29 is 24.0 Å². The quantitative estimate of drug-likeness (QED) is 0.759. The van der Waals surface area contributed by atoms with E-state index < -0.39 is 0 Å². The smallest absolute Gasteiger partial charge is 0.279 e. The molecule has 1 heterocycles. The zero-order valence-electron chi connectivity index (χ0n) is 13.8. The largest absolute Gasteiger partial charge is 0.497 e. The minimum Gasteiger partial charge on any atom is -0.497 e. The number of hydrogen-bond donors (Lipinski definition) is 2. The lowest BCUT2D eigenvalue weighted by atomic mass is 10.2. The summed E-state index contributed by atoms with van der Waals surface area (Å²) in [4.78, 5) is 26.5. The summed E-state index contributed by atoms with van der Waals surface area (Å²) < 4.78 is 10.4. The number of quaternary nitrogens is 1. The van der Waals surface area contributed by atoms with E-state index >= 15 is 0 Å². The maximum atomic E-state index is 12.2. The molecule has 1 aromatic carbocycles. The first kappa shape index (κ1) is 17.1. The molecule has 23 heavy (non-hydrogen) atoms. The molecular formula is C16H24N3O4+. The van der Waals surface area contributed by atoms with Crippen LogP contribution in [-0.2, 0) is 9.59 Å². The Morgan fingerprint density at radius 1 is 1.22 bits per heavy atom. The van der Waals surface area contributed by atoms with Gasteiger partial charge in [0, 0.05) is 13.0 Å². The molecule has 0 bridgehead atoms. The van der Waals surface area contributed by atoms with Crippen molar-refractivity contribution in [2.75, 3.05) is 52.3 Å². The number of rotatable bonds is 5. The highest BCUT2D eigenvalue weighted by molar-refractivity contribution is 5.93. The van der Waals surface area contributed by atoms with E-state index in [0.29, 0.717) is 36.8 Å². The molecule has 2 N–H and O–H groups in total. The number of carbonyl (C=O) groups is 2. The first-order valence-corrected chi connectivity index (χ1v) is 7.64. The van der Waals surface area contributed by atoms with E-state index in [0.717, 1.165) is 13.1 Å². The molecule has 1 aliphatic rings. The molecule has 0 aliphatic carbocycles. The van der Waals surface area contributed by atoms with Crippen molar-refractivity contribution in [3.8, 4) is 11.5 Å². The summed E-state index contributed by atoms with van der Waals surface area (Å²) >= 11 is 0. The van der Waals surface area contributed by atoms with Gasteiger partial charge >= 0.3 is 0 Å². The van der Waals surface area contributed by atoms with Crippen LogP contribution in [0.15, 0.2) is 18.2 Å². The molecule has 1 aliphatic heterocycles. The van der Waals surface area contributed by atoms with Crippen LogP contribution >= 0.6 is 0 Å². The number of methoxy groups -OCH3 is 2. The van der Waals surface area contributed by atoms with E-state index in [1.54, 1.807) is 39.3 Å². The van der Waals surface area contributed by atoms with Gasteiger partial charge in [-0.2, -0.15) is 0 Å². The van der Waals surface area contributed by atoms with Gasteiger partial charge in [-0.05, 0) is 12.1 Å². The topological polar surface area (TPSA) is 72.3 Å². The van der Waals surface area contributed by atoms with E-state index in [4.69, 9.17) is 9.47 Å². The monoisotopic (exact) mass is 322 g/mol. The van der Waals surface area contributed by atoms with Crippen molar-refractivity contribution in [3.05, 3.63) is 18.2 Å². The van der Waals surface area contributed by atoms with Gasteiger partial charge in [0.05, 0.1) is 46.1 Å². The maximum Gasteiger partial charge on any atom is 0.279 e. The summed E-state index contributed by atoms with van der Waals surface area (Å²) in [6, 6.07) is 5.27. The molecule has 0 radical (unpaired) electrons. The number of anilines is 1. The molecule has 0 atom stereocenters. The molecule has 0 aromatic heterocycles. The summed E-state index contributed by atoms with van der Waals surface area (Å²) in [7, 11) is 3.13. The van der Waals surface area contributed by atoms with Gasteiger partial charge in [-0.3, -0.25) is 9.59 Å². The van der Waals surface area contributed by atoms with Gasteiger partial charge in [0.25, 0.3) is 5.91 Å². The predicted molar refractivity (Wildman–Crippen MR) is 86.0 cm³/mol. The van der Waals surface area contributed by atoms with Crippen LogP contribution in [0.5, 0.6) is 11.5 Å². The minimum atomic E-state index is -0.0697. The molecule has 2 amide bonds. The van der Waals surface area contributed by atoms with Crippen molar-refractivity contribution in [3.63, 3.8) is 0 Å². The Morgan fingerprint density at radius 2 is 1.91 bits per heavy atom. The van der Waals surface area contributed by atoms with Crippen LogP contribution in [0.3, 0.4) is 0 Å². The third-order valence-corrected chi connectivity index (χ3v) is 4.01. The lowest BCUT2D eigenvalue weighted by Crippen LogP contribution is -3.15.